The molecule has 0 fully saturated rings. The van der Waals surface area contributed by atoms with Crippen molar-refractivity contribution in [2.24, 2.45) is 0 Å². The highest BCUT2D eigenvalue weighted by Gasteiger charge is 2.30. The summed E-state index contributed by atoms with van der Waals surface area (Å²) in [5.41, 5.74) is 5.84. The zero-order valence-corrected chi connectivity index (χ0v) is 23.4. The number of hydrogen-bond donors (Lipinski definition) is 2. The smallest absolute Gasteiger partial charge is 0.257 e. The summed E-state index contributed by atoms with van der Waals surface area (Å²) in [6.07, 6.45) is 4.74. The molecule has 41 heavy (non-hydrogen) atoms. The predicted octanol–water partition coefficient (Wildman–Crippen LogP) is 5.57. The molecule has 5 aromatic rings. The number of nitrogens with one attached hydrogen (secondary N) is 2. The van der Waals surface area contributed by atoms with Gasteiger partial charge in [0.25, 0.3) is 5.91 Å². The minimum Gasteiger partial charge on any atom is -0.377 e. The lowest BCUT2D eigenvalue weighted by Crippen LogP contribution is -2.18. The van der Waals surface area contributed by atoms with Gasteiger partial charge in [-0.1, -0.05) is 23.5 Å². The SMILES string of the molecule is CC(=O)Nc1nc2c(s1)-c1c(c(-c3cccnc3)nn1-c1ccc(NC(=O)c3ccccc3N(C)C)cc1F)CC2. The molecule has 2 amide bonds. The number of fused-ring (bicyclic) bond motifs is 3. The van der Waals surface area contributed by atoms with E-state index in [1.807, 2.05) is 43.3 Å². The lowest BCUT2D eigenvalue weighted by Gasteiger charge is -2.17. The zero-order valence-electron chi connectivity index (χ0n) is 22.6. The summed E-state index contributed by atoms with van der Waals surface area (Å²) in [5, 5.41) is 10.9. The highest BCUT2D eigenvalue weighted by molar-refractivity contribution is 7.19. The van der Waals surface area contributed by atoms with E-state index in [2.05, 4.69) is 20.6 Å². The molecule has 0 saturated heterocycles. The first kappa shape index (κ1) is 26.3. The lowest BCUT2D eigenvalue weighted by atomic mass is 9.95. The van der Waals surface area contributed by atoms with Crippen molar-refractivity contribution in [1.82, 2.24) is 19.7 Å². The molecule has 11 heteroatoms. The highest BCUT2D eigenvalue weighted by atomic mass is 32.1. The molecule has 0 spiro atoms. The van der Waals surface area contributed by atoms with Gasteiger partial charge in [-0.2, -0.15) is 5.10 Å². The van der Waals surface area contributed by atoms with E-state index in [4.69, 9.17) is 5.10 Å². The van der Waals surface area contributed by atoms with Crippen LogP contribution < -0.4 is 15.5 Å². The summed E-state index contributed by atoms with van der Waals surface area (Å²) >= 11 is 1.34. The van der Waals surface area contributed by atoms with Gasteiger partial charge in [-0.3, -0.25) is 14.6 Å². The molecule has 1 aliphatic rings. The van der Waals surface area contributed by atoms with E-state index in [0.717, 1.165) is 33.1 Å². The topological polar surface area (TPSA) is 105 Å². The monoisotopic (exact) mass is 567 g/mol. The number of carbonyl (C=O) groups is 2. The Kier molecular flexibility index (Phi) is 6.80. The van der Waals surface area contributed by atoms with Crippen molar-refractivity contribution in [3.05, 3.63) is 89.6 Å². The minimum atomic E-state index is -0.551. The first-order valence-corrected chi connectivity index (χ1v) is 13.8. The molecule has 3 aromatic heterocycles. The summed E-state index contributed by atoms with van der Waals surface area (Å²) < 4.78 is 17.4. The van der Waals surface area contributed by atoms with Crippen molar-refractivity contribution in [2.45, 2.75) is 19.8 Å². The van der Waals surface area contributed by atoms with Gasteiger partial charge in [0.05, 0.1) is 27.5 Å². The third-order valence-electron chi connectivity index (χ3n) is 6.79. The largest absolute Gasteiger partial charge is 0.377 e. The predicted molar refractivity (Wildman–Crippen MR) is 158 cm³/mol. The average molecular weight is 568 g/mol. The molecular weight excluding hydrogens is 541 g/mol. The van der Waals surface area contributed by atoms with Crippen LogP contribution in [0.15, 0.2) is 67.0 Å². The molecular formula is C30H26FN7O2S. The van der Waals surface area contributed by atoms with E-state index in [9.17, 15) is 9.59 Å². The van der Waals surface area contributed by atoms with E-state index in [1.165, 1.54) is 24.3 Å². The maximum atomic E-state index is 15.8. The highest BCUT2D eigenvalue weighted by Crippen LogP contribution is 2.44. The van der Waals surface area contributed by atoms with E-state index >= 15 is 4.39 Å². The lowest BCUT2D eigenvalue weighted by molar-refractivity contribution is -0.114. The van der Waals surface area contributed by atoms with Crippen LogP contribution in [0.3, 0.4) is 0 Å². The van der Waals surface area contributed by atoms with Crippen molar-refractivity contribution in [1.29, 1.82) is 0 Å². The number of aryl methyl sites for hydroxylation is 1. The van der Waals surface area contributed by atoms with E-state index in [-0.39, 0.29) is 17.5 Å². The van der Waals surface area contributed by atoms with Crippen molar-refractivity contribution in [2.75, 3.05) is 29.6 Å². The molecule has 206 valence electrons. The van der Waals surface area contributed by atoms with Crippen LogP contribution >= 0.6 is 11.3 Å². The quantitative estimate of drug-likeness (QED) is 0.278. The fourth-order valence-electron chi connectivity index (χ4n) is 4.99. The number of pyridine rings is 1. The Bertz CT molecular complexity index is 1800. The van der Waals surface area contributed by atoms with Crippen LogP contribution in [0, 0.1) is 5.82 Å². The standard InChI is InChI=1S/C30H26FN7O2S/c1-17(39)33-30-35-23-12-11-21-26(18-7-6-14-32-16-18)36-38(27(21)28(23)41-30)25-13-10-19(15-22(25)31)34-29(40)20-8-4-5-9-24(20)37(2)3/h4-10,13-16H,11-12H2,1-3H3,(H,34,40)(H,33,35,39). The number of para-hydroxylation sites is 1. The van der Waals surface area contributed by atoms with Crippen molar-refractivity contribution < 1.29 is 14.0 Å². The minimum absolute atomic E-state index is 0.210. The first-order valence-electron chi connectivity index (χ1n) is 13.0. The molecule has 3 heterocycles. The molecule has 6 rings (SSSR count). The number of benzene rings is 2. The summed E-state index contributed by atoms with van der Waals surface area (Å²) in [6.45, 7) is 1.44. The van der Waals surface area contributed by atoms with Crippen molar-refractivity contribution in [3.63, 3.8) is 0 Å². The van der Waals surface area contributed by atoms with E-state index in [0.29, 0.717) is 34.9 Å². The van der Waals surface area contributed by atoms with Crippen LogP contribution in [0.5, 0.6) is 0 Å². The maximum absolute atomic E-state index is 15.8. The first-order chi connectivity index (χ1) is 19.8. The van der Waals surface area contributed by atoms with Gasteiger partial charge in [-0.25, -0.2) is 14.1 Å². The average Bonchev–Trinajstić information content (AvgIpc) is 3.54. The summed E-state index contributed by atoms with van der Waals surface area (Å²) in [7, 11) is 3.72. The number of carbonyl (C=O) groups excluding carboxylic acids is 2. The van der Waals surface area contributed by atoms with Gasteiger partial charge in [0, 0.05) is 55.9 Å². The molecule has 2 N–H and O–H groups in total. The van der Waals surface area contributed by atoms with Gasteiger partial charge >= 0.3 is 0 Å². The summed E-state index contributed by atoms with van der Waals surface area (Å²) in [6, 6.07) is 15.5. The fourth-order valence-corrected chi connectivity index (χ4v) is 6.11. The zero-order chi connectivity index (χ0) is 28.7. The Morgan fingerprint density at radius 1 is 1.05 bits per heavy atom. The molecule has 0 unspecified atom stereocenters. The van der Waals surface area contributed by atoms with Crippen LogP contribution in [0.2, 0.25) is 0 Å². The van der Waals surface area contributed by atoms with Crippen LogP contribution in [0.25, 0.3) is 27.5 Å². The van der Waals surface area contributed by atoms with Gasteiger partial charge in [-0.05, 0) is 55.3 Å². The summed E-state index contributed by atoms with van der Waals surface area (Å²) in [4.78, 5) is 36.3. The molecule has 0 bridgehead atoms. The van der Waals surface area contributed by atoms with Crippen LogP contribution in [-0.4, -0.2) is 45.7 Å². The second-order valence-corrected chi connectivity index (χ2v) is 10.8. The Morgan fingerprint density at radius 3 is 2.61 bits per heavy atom. The van der Waals surface area contributed by atoms with Crippen LogP contribution in [-0.2, 0) is 17.6 Å². The van der Waals surface area contributed by atoms with Gasteiger partial charge < -0.3 is 15.5 Å². The summed E-state index contributed by atoms with van der Waals surface area (Å²) in [5.74, 6) is -1.10. The van der Waals surface area contributed by atoms with Gasteiger partial charge in [0.2, 0.25) is 5.91 Å². The number of nitrogens with zero attached hydrogens (tertiary/aromatic N) is 5. The number of anilines is 3. The molecule has 2 aromatic carbocycles. The Hall–Kier alpha value is -4.90. The van der Waals surface area contributed by atoms with Crippen LogP contribution in [0.1, 0.15) is 28.5 Å². The maximum Gasteiger partial charge on any atom is 0.257 e. The Labute approximate surface area is 239 Å². The molecule has 0 aliphatic heterocycles. The molecule has 0 saturated carbocycles. The Morgan fingerprint density at radius 2 is 1.88 bits per heavy atom. The second kappa shape index (κ2) is 10.6. The van der Waals surface area contributed by atoms with Crippen molar-refractivity contribution in [3.8, 4) is 27.5 Å². The number of thiazole rings is 1. The van der Waals surface area contributed by atoms with Gasteiger partial charge in [-0.15, -0.1) is 0 Å². The van der Waals surface area contributed by atoms with Crippen LogP contribution in [0.4, 0.5) is 20.9 Å². The number of aromatic nitrogens is 4. The number of hydrogen-bond acceptors (Lipinski definition) is 7. The Balaban J connectivity index is 1.42. The second-order valence-electron chi connectivity index (χ2n) is 9.84. The fraction of sp³-hybridized carbons (Fsp3) is 0.167. The number of rotatable bonds is 6. The molecule has 0 atom stereocenters. The molecule has 9 nitrogen and oxygen atoms in total. The number of amides is 2. The molecule has 1 aliphatic carbocycles. The molecule has 0 radical (unpaired) electrons. The van der Waals surface area contributed by atoms with Gasteiger partial charge in [0.15, 0.2) is 10.9 Å². The normalized spacial score (nSPS) is 11.9. The number of halogens is 1. The third-order valence-corrected chi connectivity index (χ3v) is 7.81. The van der Waals surface area contributed by atoms with Gasteiger partial charge in [0.1, 0.15) is 5.69 Å². The third kappa shape index (κ3) is 4.95. The van der Waals surface area contributed by atoms with E-state index in [1.54, 1.807) is 41.3 Å². The van der Waals surface area contributed by atoms with Crippen molar-refractivity contribution >= 4 is 39.7 Å². The van der Waals surface area contributed by atoms with E-state index < -0.39 is 5.82 Å².